The molecule has 3 heterocycles. The van der Waals surface area contributed by atoms with Crippen LogP contribution in [0.1, 0.15) is 43.1 Å². The zero-order valence-corrected chi connectivity index (χ0v) is 17.1. The van der Waals surface area contributed by atoms with Crippen LogP contribution in [0.2, 0.25) is 0 Å². The van der Waals surface area contributed by atoms with E-state index in [9.17, 15) is 9.50 Å². The van der Waals surface area contributed by atoms with Crippen LogP contribution in [0.25, 0.3) is 0 Å². The molecule has 9 heteroatoms. The number of aliphatic hydroxyl groups is 1. The molecule has 1 aliphatic heterocycles. The minimum Gasteiger partial charge on any atom is -0.386 e. The summed E-state index contributed by atoms with van der Waals surface area (Å²) in [5.41, 5.74) is 0.837. The molecule has 5 rings (SSSR count). The smallest absolute Gasteiger partial charge is 0.225 e. The first kappa shape index (κ1) is 19.8. The number of anilines is 3. The lowest BCUT2D eigenvalue weighted by atomic mass is 9.79. The Morgan fingerprint density at radius 3 is 2.61 bits per heavy atom. The molecule has 2 unspecified atom stereocenters. The van der Waals surface area contributed by atoms with Crippen molar-refractivity contribution >= 4 is 17.6 Å². The van der Waals surface area contributed by atoms with Crippen LogP contribution in [0.3, 0.4) is 0 Å². The molecule has 8 nitrogen and oxygen atoms in total. The van der Waals surface area contributed by atoms with E-state index in [4.69, 9.17) is 4.98 Å². The Balaban J connectivity index is 1.44. The number of benzene rings is 1. The first-order valence-corrected chi connectivity index (χ1v) is 10.4. The van der Waals surface area contributed by atoms with E-state index in [0.717, 1.165) is 18.4 Å². The number of nitrogens with one attached hydrogen (secondary N) is 3. The van der Waals surface area contributed by atoms with Gasteiger partial charge in [-0.15, -0.1) is 0 Å². The summed E-state index contributed by atoms with van der Waals surface area (Å²) in [5, 5.41) is 20.9. The molecule has 1 saturated heterocycles. The van der Waals surface area contributed by atoms with Crippen molar-refractivity contribution in [3.8, 4) is 0 Å². The topological polar surface area (TPSA) is 108 Å². The summed E-state index contributed by atoms with van der Waals surface area (Å²) in [5.74, 6) is 1.54. The van der Waals surface area contributed by atoms with Crippen LogP contribution in [0.4, 0.5) is 22.0 Å². The maximum Gasteiger partial charge on any atom is 0.225 e. The second-order valence-electron chi connectivity index (χ2n) is 8.21. The Morgan fingerprint density at radius 1 is 1.16 bits per heavy atom. The third kappa shape index (κ3) is 4.06. The van der Waals surface area contributed by atoms with Gasteiger partial charge in [-0.05, 0) is 43.4 Å². The molecule has 1 saturated carbocycles. The summed E-state index contributed by atoms with van der Waals surface area (Å²) in [6, 6.07) is 7.75. The minimum atomic E-state index is -0.780. The van der Waals surface area contributed by atoms with Crippen LogP contribution in [0.5, 0.6) is 0 Å². The summed E-state index contributed by atoms with van der Waals surface area (Å²) >= 11 is 0. The molecule has 2 aliphatic rings. The number of hydrogen-bond donors (Lipinski definition) is 4. The van der Waals surface area contributed by atoms with Crippen LogP contribution >= 0.6 is 0 Å². The predicted octanol–water partition coefficient (Wildman–Crippen LogP) is 3.11. The SMILES string of the molecule is CC(Nc1nc(Nc2cnccn2)cc(C2NC[C@@]2(O)C2CC2)n1)c1ccc(F)cc1. The molecule has 0 spiro atoms. The van der Waals surface area contributed by atoms with Gasteiger partial charge in [-0.2, -0.15) is 4.98 Å². The Labute approximate surface area is 179 Å². The lowest BCUT2D eigenvalue weighted by Crippen LogP contribution is -2.63. The van der Waals surface area contributed by atoms with Crippen molar-refractivity contribution < 1.29 is 9.50 Å². The Morgan fingerprint density at radius 2 is 1.97 bits per heavy atom. The average molecular weight is 421 g/mol. The Kier molecular flexibility index (Phi) is 4.99. The quantitative estimate of drug-likeness (QED) is 0.461. The van der Waals surface area contributed by atoms with Gasteiger partial charge in [-0.1, -0.05) is 12.1 Å². The number of hydrogen-bond acceptors (Lipinski definition) is 8. The monoisotopic (exact) mass is 421 g/mol. The Hall–Kier alpha value is -3.17. The van der Waals surface area contributed by atoms with Crippen molar-refractivity contribution in [2.45, 2.75) is 37.5 Å². The van der Waals surface area contributed by atoms with E-state index in [-0.39, 0.29) is 17.9 Å². The highest BCUT2D eigenvalue weighted by Gasteiger charge is 2.56. The van der Waals surface area contributed by atoms with Gasteiger partial charge in [0.15, 0.2) is 0 Å². The summed E-state index contributed by atoms with van der Waals surface area (Å²) in [6.07, 6.45) is 6.88. The van der Waals surface area contributed by atoms with Crippen molar-refractivity contribution in [2.24, 2.45) is 5.92 Å². The molecule has 0 radical (unpaired) electrons. The third-order valence-electron chi connectivity index (χ3n) is 5.95. The van der Waals surface area contributed by atoms with Crippen molar-refractivity contribution in [3.63, 3.8) is 0 Å². The molecule has 2 fully saturated rings. The lowest BCUT2D eigenvalue weighted by Gasteiger charge is -2.46. The molecule has 0 amide bonds. The zero-order valence-electron chi connectivity index (χ0n) is 17.1. The molecule has 3 atom stereocenters. The fourth-order valence-electron chi connectivity index (χ4n) is 4.00. The summed E-state index contributed by atoms with van der Waals surface area (Å²) in [7, 11) is 0. The molecule has 0 bridgehead atoms. The molecule has 160 valence electrons. The molecule has 1 aromatic carbocycles. The standard InChI is InChI=1S/C22H24FN7O/c1-13(14-2-6-16(23)7-3-14)27-21-28-17(20-22(31,12-26-20)15-4-5-15)10-18(30-21)29-19-11-24-8-9-25-19/h2-3,6-11,13,15,20,26,31H,4-5,12H2,1H3,(H2,25,27,28,29,30)/t13?,20?,22-/m1/s1. The number of β-amino-alcohol motifs (C(OH)–C–C–N with tert-alkyl or cyclic N) is 1. The molecule has 1 aliphatic carbocycles. The van der Waals surface area contributed by atoms with Gasteiger partial charge < -0.3 is 21.1 Å². The van der Waals surface area contributed by atoms with Crippen molar-refractivity contribution in [1.29, 1.82) is 0 Å². The molecule has 3 aromatic rings. The van der Waals surface area contributed by atoms with Crippen molar-refractivity contribution in [3.05, 3.63) is 66.0 Å². The summed E-state index contributed by atoms with van der Waals surface area (Å²) < 4.78 is 13.3. The number of rotatable bonds is 7. The van der Waals surface area contributed by atoms with E-state index in [1.54, 1.807) is 30.7 Å². The normalized spacial score (nSPS) is 23.6. The van der Waals surface area contributed by atoms with Gasteiger partial charge >= 0.3 is 0 Å². The van der Waals surface area contributed by atoms with Gasteiger partial charge in [-0.25, -0.2) is 14.4 Å². The number of aromatic nitrogens is 4. The maximum absolute atomic E-state index is 13.3. The molecular formula is C22H24FN7O. The van der Waals surface area contributed by atoms with Crippen LogP contribution in [0, 0.1) is 11.7 Å². The third-order valence-corrected chi connectivity index (χ3v) is 5.95. The first-order chi connectivity index (χ1) is 15.0. The van der Waals surface area contributed by atoms with E-state index in [1.807, 2.05) is 13.0 Å². The predicted molar refractivity (Wildman–Crippen MR) is 114 cm³/mol. The van der Waals surface area contributed by atoms with Crippen molar-refractivity contribution in [1.82, 2.24) is 25.3 Å². The van der Waals surface area contributed by atoms with Crippen molar-refractivity contribution in [2.75, 3.05) is 17.2 Å². The highest BCUT2D eigenvalue weighted by molar-refractivity contribution is 5.54. The summed E-state index contributed by atoms with van der Waals surface area (Å²) in [6.45, 7) is 2.52. The number of halogens is 1. The average Bonchev–Trinajstić information content (AvgIpc) is 3.59. The van der Waals surface area contributed by atoms with Gasteiger partial charge in [0.05, 0.1) is 24.0 Å². The van der Waals surface area contributed by atoms with Crippen LogP contribution < -0.4 is 16.0 Å². The van der Waals surface area contributed by atoms with Gasteiger partial charge in [0.2, 0.25) is 5.95 Å². The maximum atomic E-state index is 13.3. The Bertz CT molecular complexity index is 1060. The van der Waals surface area contributed by atoms with Crippen LogP contribution in [0.15, 0.2) is 48.9 Å². The van der Waals surface area contributed by atoms with Crippen LogP contribution in [-0.2, 0) is 0 Å². The molecular weight excluding hydrogens is 397 g/mol. The molecule has 2 aromatic heterocycles. The van der Waals surface area contributed by atoms with E-state index < -0.39 is 5.60 Å². The lowest BCUT2D eigenvalue weighted by molar-refractivity contribution is -0.0795. The van der Waals surface area contributed by atoms with E-state index in [1.165, 1.54) is 12.1 Å². The number of nitrogens with zero attached hydrogens (tertiary/aromatic N) is 4. The van der Waals surface area contributed by atoms with E-state index in [2.05, 4.69) is 30.9 Å². The fraction of sp³-hybridized carbons (Fsp3) is 0.364. The van der Waals surface area contributed by atoms with Gasteiger partial charge in [0, 0.05) is 25.0 Å². The zero-order chi connectivity index (χ0) is 21.4. The second kappa shape index (κ2) is 7.82. The van der Waals surface area contributed by atoms with Gasteiger partial charge in [0.25, 0.3) is 0 Å². The second-order valence-corrected chi connectivity index (χ2v) is 8.21. The van der Waals surface area contributed by atoms with Gasteiger partial charge in [0.1, 0.15) is 23.1 Å². The van der Waals surface area contributed by atoms with E-state index >= 15 is 0 Å². The minimum absolute atomic E-state index is 0.142. The largest absolute Gasteiger partial charge is 0.386 e. The van der Waals surface area contributed by atoms with Crippen LogP contribution in [-0.4, -0.2) is 37.2 Å². The molecule has 4 N–H and O–H groups in total. The fourth-order valence-corrected chi connectivity index (χ4v) is 4.00. The summed E-state index contributed by atoms with van der Waals surface area (Å²) in [4.78, 5) is 17.6. The highest BCUT2D eigenvalue weighted by atomic mass is 19.1. The van der Waals surface area contributed by atoms with Gasteiger partial charge in [-0.3, -0.25) is 4.98 Å². The highest BCUT2D eigenvalue weighted by Crippen LogP contribution is 2.49. The molecule has 31 heavy (non-hydrogen) atoms. The van der Waals surface area contributed by atoms with E-state index in [0.29, 0.717) is 35.7 Å². The first-order valence-electron chi connectivity index (χ1n) is 10.4.